The summed E-state index contributed by atoms with van der Waals surface area (Å²) in [6.45, 7) is 4.16. The van der Waals surface area contributed by atoms with Crippen molar-refractivity contribution in [2.75, 3.05) is 13.1 Å². The van der Waals surface area contributed by atoms with Gasteiger partial charge < -0.3 is 20.4 Å². The standard InChI is InChI=1S/C26H33N5O/c1-18(25-28-17-24-4-2-3-15-31(24)25)29-23-10-9-21(16-23)19-5-7-20(8-6-19)26(32)30-22-11-13-27-14-12-22/h2-8,15,17-18,21-23,27,29H,9-14,16H2,1H3,(H,30,32)/t18-,21+,23?/m1/s1. The molecule has 1 saturated heterocycles. The van der Waals surface area contributed by atoms with Gasteiger partial charge in [-0.2, -0.15) is 0 Å². The molecule has 3 N–H and O–H groups in total. The van der Waals surface area contributed by atoms with Crippen LogP contribution in [0.15, 0.2) is 54.9 Å². The van der Waals surface area contributed by atoms with Crippen LogP contribution in [-0.2, 0) is 0 Å². The van der Waals surface area contributed by atoms with E-state index in [0.29, 0.717) is 18.0 Å². The van der Waals surface area contributed by atoms with E-state index in [4.69, 9.17) is 0 Å². The Bertz CT molecular complexity index is 1050. The molecule has 3 aromatic rings. The number of benzene rings is 1. The van der Waals surface area contributed by atoms with E-state index in [1.54, 1.807) is 0 Å². The fourth-order valence-corrected chi connectivity index (χ4v) is 5.29. The highest BCUT2D eigenvalue weighted by molar-refractivity contribution is 5.94. The highest BCUT2D eigenvalue weighted by atomic mass is 16.1. The first kappa shape index (κ1) is 21.2. The number of fused-ring (bicyclic) bond motifs is 1. The number of hydrogen-bond acceptors (Lipinski definition) is 4. The normalized spacial score (nSPS) is 22.8. The Morgan fingerprint density at radius 1 is 1.06 bits per heavy atom. The lowest BCUT2D eigenvalue weighted by atomic mass is 9.96. The van der Waals surface area contributed by atoms with Gasteiger partial charge in [-0.1, -0.05) is 18.2 Å². The monoisotopic (exact) mass is 431 g/mol. The average molecular weight is 432 g/mol. The number of carbonyl (C=O) groups is 1. The van der Waals surface area contributed by atoms with Crippen molar-refractivity contribution in [3.05, 3.63) is 71.8 Å². The minimum Gasteiger partial charge on any atom is -0.349 e. The zero-order chi connectivity index (χ0) is 21.9. The van der Waals surface area contributed by atoms with Crippen molar-refractivity contribution >= 4 is 11.4 Å². The summed E-state index contributed by atoms with van der Waals surface area (Å²) in [5, 5.41) is 10.3. The van der Waals surface area contributed by atoms with Crippen LogP contribution in [0.5, 0.6) is 0 Å². The lowest BCUT2D eigenvalue weighted by molar-refractivity contribution is 0.0929. The molecule has 0 spiro atoms. The Kier molecular flexibility index (Phi) is 6.23. The van der Waals surface area contributed by atoms with Gasteiger partial charge in [0.25, 0.3) is 5.91 Å². The summed E-state index contributed by atoms with van der Waals surface area (Å²) < 4.78 is 2.16. The van der Waals surface area contributed by atoms with Crippen LogP contribution in [0.1, 0.15) is 72.7 Å². The van der Waals surface area contributed by atoms with Crippen molar-refractivity contribution in [2.45, 2.75) is 63.1 Å². The summed E-state index contributed by atoms with van der Waals surface area (Å²) in [7, 11) is 0. The van der Waals surface area contributed by atoms with Crippen molar-refractivity contribution in [1.82, 2.24) is 25.3 Å². The van der Waals surface area contributed by atoms with E-state index >= 15 is 0 Å². The number of nitrogens with one attached hydrogen (secondary N) is 3. The van der Waals surface area contributed by atoms with Crippen molar-refractivity contribution in [1.29, 1.82) is 0 Å². The molecule has 0 radical (unpaired) electrons. The first-order valence-corrected chi connectivity index (χ1v) is 12.0. The van der Waals surface area contributed by atoms with Gasteiger partial charge in [-0.25, -0.2) is 4.98 Å². The van der Waals surface area contributed by atoms with E-state index in [2.05, 4.69) is 56.7 Å². The molecule has 32 heavy (non-hydrogen) atoms. The molecule has 1 unspecified atom stereocenters. The van der Waals surface area contributed by atoms with E-state index in [9.17, 15) is 4.79 Å². The molecule has 168 valence electrons. The van der Waals surface area contributed by atoms with E-state index in [-0.39, 0.29) is 11.9 Å². The van der Waals surface area contributed by atoms with Crippen LogP contribution in [0, 0.1) is 0 Å². The van der Waals surface area contributed by atoms with Gasteiger partial charge in [-0.15, -0.1) is 0 Å². The molecule has 1 aliphatic heterocycles. The largest absolute Gasteiger partial charge is 0.349 e. The van der Waals surface area contributed by atoms with Gasteiger partial charge in [-0.3, -0.25) is 4.79 Å². The molecular weight excluding hydrogens is 398 g/mol. The molecule has 1 aliphatic carbocycles. The van der Waals surface area contributed by atoms with Crippen molar-refractivity contribution in [3.8, 4) is 0 Å². The van der Waals surface area contributed by atoms with E-state index in [1.807, 2.05) is 30.5 Å². The van der Waals surface area contributed by atoms with Crippen LogP contribution in [0.3, 0.4) is 0 Å². The summed E-state index contributed by atoms with van der Waals surface area (Å²) in [4.78, 5) is 17.2. The Morgan fingerprint density at radius 3 is 2.69 bits per heavy atom. The van der Waals surface area contributed by atoms with Crippen LogP contribution in [0.25, 0.3) is 5.52 Å². The van der Waals surface area contributed by atoms with E-state index < -0.39 is 0 Å². The van der Waals surface area contributed by atoms with Gasteiger partial charge in [0.05, 0.1) is 17.8 Å². The Balaban J connectivity index is 1.17. The molecule has 3 atom stereocenters. The molecule has 2 fully saturated rings. The van der Waals surface area contributed by atoms with Crippen LogP contribution < -0.4 is 16.0 Å². The van der Waals surface area contributed by atoms with Gasteiger partial charge in [-0.05, 0) is 87.9 Å². The molecule has 2 aliphatic rings. The summed E-state index contributed by atoms with van der Waals surface area (Å²) >= 11 is 0. The predicted octanol–water partition coefficient (Wildman–Crippen LogP) is 3.80. The number of nitrogens with zero attached hydrogens (tertiary/aromatic N) is 2. The second kappa shape index (κ2) is 9.43. The second-order valence-corrected chi connectivity index (χ2v) is 9.33. The fourth-order valence-electron chi connectivity index (χ4n) is 5.29. The minimum atomic E-state index is 0.0511. The summed E-state index contributed by atoms with van der Waals surface area (Å²) in [5.74, 6) is 1.65. The van der Waals surface area contributed by atoms with Gasteiger partial charge in [0.1, 0.15) is 5.82 Å². The molecular formula is C26H33N5O. The van der Waals surface area contributed by atoms with Gasteiger partial charge in [0, 0.05) is 23.8 Å². The van der Waals surface area contributed by atoms with Crippen molar-refractivity contribution in [2.24, 2.45) is 0 Å². The zero-order valence-electron chi connectivity index (χ0n) is 18.8. The third-order valence-electron chi connectivity index (χ3n) is 7.09. The Labute approximate surface area is 189 Å². The van der Waals surface area contributed by atoms with Crippen molar-refractivity contribution in [3.63, 3.8) is 0 Å². The third-order valence-corrected chi connectivity index (χ3v) is 7.09. The highest BCUT2D eigenvalue weighted by Crippen LogP contribution is 2.35. The smallest absolute Gasteiger partial charge is 0.251 e. The Hall–Kier alpha value is -2.70. The first-order valence-electron chi connectivity index (χ1n) is 12.0. The fraction of sp³-hybridized carbons (Fsp3) is 0.462. The SMILES string of the molecule is C[C@@H](NC1CC[C@H](c2ccc(C(=O)NC3CCNCC3)cc2)C1)c1ncc2ccccn12. The summed E-state index contributed by atoms with van der Waals surface area (Å²) in [6.07, 6.45) is 9.49. The first-order chi connectivity index (χ1) is 15.7. The van der Waals surface area contributed by atoms with Crippen LogP contribution in [0.4, 0.5) is 0 Å². The molecule has 6 nitrogen and oxygen atoms in total. The van der Waals surface area contributed by atoms with Crippen LogP contribution >= 0.6 is 0 Å². The molecule has 1 saturated carbocycles. The maximum Gasteiger partial charge on any atom is 0.251 e. The zero-order valence-corrected chi connectivity index (χ0v) is 18.8. The number of hydrogen-bond donors (Lipinski definition) is 3. The van der Waals surface area contributed by atoms with Gasteiger partial charge in [0.15, 0.2) is 0 Å². The number of aromatic nitrogens is 2. The predicted molar refractivity (Wildman–Crippen MR) is 127 cm³/mol. The molecule has 0 bridgehead atoms. The number of pyridine rings is 1. The number of imidazole rings is 1. The van der Waals surface area contributed by atoms with Crippen LogP contribution in [0.2, 0.25) is 0 Å². The van der Waals surface area contributed by atoms with Gasteiger partial charge >= 0.3 is 0 Å². The topological polar surface area (TPSA) is 70.5 Å². The summed E-state index contributed by atoms with van der Waals surface area (Å²) in [5.41, 5.74) is 3.23. The second-order valence-electron chi connectivity index (χ2n) is 9.33. The highest BCUT2D eigenvalue weighted by Gasteiger charge is 2.28. The number of piperidine rings is 1. The molecule has 3 heterocycles. The van der Waals surface area contributed by atoms with Crippen molar-refractivity contribution < 1.29 is 4.79 Å². The molecule has 2 aromatic heterocycles. The number of amides is 1. The summed E-state index contributed by atoms with van der Waals surface area (Å²) in [6, 6.07) is 15.4. The third kappa shape index (κ3) is 4.57. The maximum absolute atomic E-state index is 12.6. The number of rotatable bonds is 6. The lowest BCUT2D eigenvalue weighted by Crippen LogP contribution is -2.42. The molecule has 5 rings (SSSR count). The Morgan fingerprint density at radius 2 is 1.88 bits per heavy atom. The maximum atomic E-state index is 12.6. The van der Waals surface area contributed by atoms with Gasteiger partial charge in [0.2, 0.25) is 0 Å². The minimum absolute atomic E-state index is 0.0511. The molecule has 1 amide bonds. The van der Waals surface area contributed by atoms with Crippen LogP contribution in [-0.4, -0.2) is 40.5 Å². The number of carbonyl (C=O) groups excluding carboxylic acids is 1. The quantitative estimate of drug-likeness (QED) is 0.555. The van der Waals surface area contributed by atoms with E-state index in [1.165, 1.54) is 12.0 Å². The lowest BCUT2D eigenvalue weighted by Gasteiger charge is -2.23. The van der Waals surface area contributed by atoms with E-state index in [0.717, 1.165) is 55.7 Å². The average Bonchev–Trinajstić information content (AvgIpc) is 3.47. The molecule has 6 heteroatoms. The molecule has 1 aromatic carbocycles.